The average Bonchev–Trinajstić information content (AvgIpc) is 3.25. The summed E-state index contributed by atoms with van der Waals surface area (Å²) in [7, 11) is 0. The van der Waals surface area contributed by atoms with E-state index in [0.717, 1.165) is 54.6 Å². The second-order valence-electron chi connectivity index (χ2n) is 6.35. The number of hydrogen-bond donors (Lipinski definition) is 6. The lowest BCUT2D eigenvalue weighted by molar-refractivity contribution is 1.47. The summed E-state index contributed by atoms with van der Waals surface area (Å²) in [6.07, 6.45) is 0. The minimum absolute atomic E-state index is 0.671. The molecule has 0 atom stereocenters. The third-order valence-corrected chi connectivity index (χ3v) is 4.92. The van der Waals surface area contributed by atoms with Crippen LogP contribution in [0.4, 0.5) is 11.6 Å². The number of H-pyrrole nitrogens is 4. The molecule has 0 saturated carbocycles. The molecule has 4 heterocycles. The molecule has 24 heavy (non-hydrogen) atoms. The fourth-order valence-corrected chi connectivity index (χ4v) is 3.90. The second kappa shape index (κ2) is 3.68. The number of hydrogen-bond acceptors (Lipinski definition) is 2. The van der Waals surface area contributed by atoms with E-state index in [1.165, 1.54) is 0 Å². The molecule has 6 rings (SSSR count). The molecule has 0 aliphatic carbocycles. The highest BCUT2D eigenvalue weighted by Gasteiger charge is 2.15. The van der Waals surface area contributed by atoms with Crippen molar-refractivity contribution in [3.05, 3.63) is 36.4 Å². The van der Waals surface area contributed by atoms with E-state index in [1.807, 2.05) is 12.1 Å². The van der Waals surface area contributed by atoms with E-state index in [4.69, 9.17) is 11.5 Å². The molecule has 0 saturated heterocycles. The number of nitrogens with one attached hydrogen (secondary N) is 4. The van der Waals surface area contributed by atoms with Gasteiger partial charge in [-0.2, -0.15) is 0 Å². The van der Waals surface area contributed by atoms with E-state index in [0.29, 0.717) is 11.6 Å². The summed E-state index contributed by atoms with van der Waals surface area (Å²) in [5, 5.41) is 4.49. The van der Waals surface area contributed by atoms with Gasteiger partial charge in [0.05, 0.1) is 33.1 Å². The van der Waals surface area contributed by atoms with Crippen LogP contribution in [0.2, 0.25) is 0 Å². The molecule has 4 aromatic heterocycles. The average molecular weight is 314 g/mol. The number of nitrogen functional groups attached to an aromatic ring is 2. The quantitative estimate of drug-likeness (QED) is 0.255. The number of aromatic amines is 4. The van der Waals surface area contributed by atoms with Crippen LogP contribution in [0.1, 0.15) is 0 Å². The Hall–Kier alpha value is -3.54. The van der Waals surface area contributed by atoms with Gasteiger partial charge >= 0.3 is 0 Å². The van der Waals surface area contributed by atoms with Crippen LogP contribution in [0.3, 0.4) is 0 Å². The summed E-state index contributed by atoms with van der Waals surface area (Å²) in [6, 6.07) is 12.3. The van der Waals surface area contributed by atoms with Crippen molar-refractivity contribution < 1.29 is 0 Å². The number of anilines is 2. The Morgan fingerprint density at radius 3 is 1.38 bits per heavy atom. The van der Waals surface area contributed by atoms with Crippen molar-refractivity contribution >= 4 is 66.3 Å². The summed E-state index contributed by atoms with van der Waals surface area (Å²) in [4.78, 5) is 13.6. The zero-order valence-corrected chi connectivity index (χ0v) is 12.6. The first kappa shape index (κ1) is 12.0. The molecule has 6 heteroatoms. The van der Waals surface area contributed by atoms with Gasteiger partial charge in [0.25, 0.3) is 0 Å². The van der Waals surface area contributed by atoms with Crippen LogP contribution in [0, 0.1) is 0 Å². The van der Waals surface area contributed by atoms with Gasteiger partial charge in [-0.15, -0.1) is 0 Å². The minimum atomic E-state index is 0.671. The van der Waals surface area contributed by atoms with Crippen LogP contribution in [0.15, 0.2) is 36.4 Å². The molecular weight excluding hydrogens is 300 g/mol. The highest BCUT2D eigenvalue weighted by molar-refractivity contribution is 6.24. The SMILES string of the molecule is Nc1cc2ccc3c([nH]c4c5ccc6cc(N)[nH]c6c5[nH]c34)c2[nH]1. The van der Waals surface area contributed by atoms with Gasteiger partial charge in [-0.25, -0.2) is 0 Å². The van der Waals surface area contributed by atoms with Gasteiger partial charge < -0.3 is 31.4 Å². The lowest BCUT2D eigenvalue weighted by Gasteiger charge is -1.96. The largest absolute Gasteiger partial charge is 0.385 e. The minimum Gasteiger partial charge on any atom is -0.385 e. The first-order valence-corrected chi connectivity index (χ1v) is 7.80. The molecule has 0 radical (unpaired) electrons. The monoisotopic (exact) mass is 314 g/mol. The molecule has 0 spiro atoms. The van der Waals surface area contributed by atoms with Crippen molar-refractivity contribution in [2.75, 3.05) is 11.5 Å². The van der Waals surface area contributed by atoms with Crippen LogP contribution in [-0.4, -0.2) is 19.9 Å². The smallest absolute Gasteiger partial charge is 0.101 e. The summed E-state index contributed by atoms with van der Waals surface area (Å²) in [5.41, 5.74) is 18.2. The van der Waals surface area contributed by atoms with Gasteiger partial charge in [0, 0.05) is 21.5 Å². The van der Waals surface area contributed by atoms with Crippen molar-refractivity contribution in [3.63, 3.8) is 0 Å². The van der Waals surface area contributed by atoms with Crippen molar-refractivity contribution in [3.8, 4) is 0 Å². The van der Waals surface area contributed by atoms with Crippen molar-refractivity contribution in [2.45, 2.75) is 0 Å². The zero-order chi connectivity index (χ0) is 16.0. The third kappa shape index (κ3) is 1.27. The highest BCUT2D eigenvalue weighted by atomic mass is 14.9. The molecule has 0 bridgehead atoms. The lowest BCUT2D eigenvalue weighted by Crippen LogP contribution is -1.82. The standard InChI is InChI=1S/C18H14N6/c19-11-5-7-1-3-9-15(13(7)21-11)23-18-10-4-2-8-6-12(20)22-14(8)16(10)24-17(9)18/h1-6,21-24H,19-20H2. The molecule has 2 aromatic carbocycles. The molecule has 116 valence electrons. The predicted octanol–water partition coefficient (Wildman–Crippen LogP) is 3.93. The maximum absolute atomic E-state index is 5.91. The van der Waals surface area contributed by atoms with Crippen LogP contribution < -0.4 is 11.5 Å². The Bertz CT molecular complexity index is 1310. The molecule has 0 aliphatic rings. The van der Waals surface area contributed by atoms with Crippen LogP contribution >= 0.6 is 0 Å². The Morgan fingerprint density at radius 2 is 0.917 bits per heavy atom. The normalized spacial score (nSPS) is 12.5. The van der Waals surface area contributed by atoms with Crippen LogP contribution in [0.5, 0.6) is 0 Å². The number of nitrogens with two attached hydrogens (primary N) is 2. The molecule has 0 amide bonds. The number of rotatable bonds is 0. The Balaban J connectivity index is 1.85. The van der Waals surface area contributed by atoms with E-state index < -0.39 is 0 Å². The first-order chi connectivity index (χ1) is 11.7. The molecule has 0 fully saturated rings. The molecule has 6 nitrogen and oxygen atoms in total. The van der Waals surface area contributed by atoms with Gasteiger partial charge in [-0.05, 0) is 24.3 Å². The highest BCUT2D eigenvalue weighted by Crippen LogP contribution is 2.37. The Morgan fingerprint density at radius 1 is 0.500 bits per heavy atom. The maximum Gasteiger partial charge on any atom is 0.101 e. The third-order valence-electron chi connectivity index (χ3n) is 4.92. The van der Waals surface area contributed by atoms with E-state index in [1.54, 1.807) is 0 Å². The summed E-state index contributed by atoms with van der Waals surface area (Å²) < 4.78 is 0. The number of aromatic nitrogens is 4. The molecular formula is C18H14N6. The topological polar surface area (TPSA) is 115 Å². The lowest BCUT2D eigenvalue weighted by atomic mass is 10.2. The number of fused-ring (bicyclic) bond motifs is 9. The van der Waals surface area contributed by atoms with Crippen LogP contribution in [-0.2, 0) is 0 Å². The number of benzene rings is 2. The maximum atomic E-state index is 5.91. The second-order valence-corrected chi connectivity index (χ2v) is 6.35. The predicted molar refractivity (Wildman–Crippen MR) is 100 cm³/mol. The van der Waals surface area contributed by atoms with Gasteiger partial charge in [0.1, 0.15) is 11.6 Å². The van der Waals surface area contributed by atoms with Gasteiger partial charge in [0.2, 0.25) is 0 Å². The molecule has 6 aromatic rings. The van der Waals surface area contributed by atoms with E-state index in [2.05, 4.69) is 44.2 Å². The molecule has 0 unspecified atom stereocenters. The fourth-order valence-electron chi connectivity index (χ4n) is 3.90. The fraction of sp³-hybridized carbons (Fsp3) is 0. The molecule has 0 aliphatic heterocycles. The van der Waals surface area contributed by atoms with E-state index >= 15 is 0 Å². The zero-order valence-electron chi connectivity index (χ0n) is 12.6. The van der Waals surface area contributed by atoms with E-state index in [9.17, 15) is 0 Å². The van der Waals surface area contributed by atoms with Crippen LogP contribution in [0.25, 0.3) is 54.6 Å². The molecule has 8 N–H and O–H groups in total. The van der Waals surface area contributed by atoms with Crippen molar-refractivity contribution in [1.29, 1.82) is 0 Å². The summed E-state index contributed by atoms with van der Waals surface area (Å²) >= 11 is 0. The van der Waals surface area contributed by atoms with Gasteiger partial charge in [0.15, 0.2) is 0 Å². The van der Waals surface area contributed by atoms with Gasteiger partial charge in [-0.1, -0.05) is 12.1 Å². The Kier molecular flexibility index (Phi) is 1.83. The van der Waals surface area contributed by atoms with Crippen molar-refractivity contribution in [2.24, 2.45) is 0 Å². The first-order valence-electron chi connectivity index (χ1n) is 7.80. The Labute approximate surface area is 134 Å². The van der Waals surface area contributed by atoms with E-state index in [-0.39, 0.29) is 0 Å². The summed E-state index contributed by atoms with van der Waals surface area (Å²) in [5.74, 6) is 1.34. The van der Waals surface area contributed by atoms with Gasteiger partial charge in [-0.3, -0.25) is 0 Å². The van der Waals surface area contributed by atoms with Crippen molar-refractivity contribution in [1.82, 2.24) is 19.9 Å². The summed E-state index contributed by atoms with van der Waals surface area (Å²) in [6.45, 7) is 0.